The Morgan fingerprint density at radius 1 is 0.914 bits per heavy atom. The molecule has 0 saturated carbocycles. The van der Waals surface area contributed by atoms with Gasteiger partial charge >= 0.3 is 0 Å². The van der Waals surface area contributed by atoms with Crippen molar-refractivity contribution in [3.63, 3.8) is 0 Å². The van der Waals surface area contributed by atoms with Crippen LogP contribution in [-0.4, -0.2) is 32.6 Å². The van der Waals surface area contributed by atoms with E-state index in [0.717, 1.165) is 33.4 Å². The van der Waals surface area contributed by atoms with Crippen LogP contribution in [0.2, 0.25) is 0 Å². The topological polar surface area (TPSA) is 72.2 Å². The van der Waals surface area contributed by atoms with Crippen molar-refractivity contribution in [1.29, 1.82) is 0 Å². The molecule has 6 nitrogen and oxygen atoms in total. The second-order valence-corrected chi connectivity index (χ2v) is 8.94. The molecule has 1 amide bonds. The highest BCUT2D eigenvalue weighted by Crippen LogP contribution is 2.28. The molecule has 1 aromatic heterocycles. The molecule has 0 aliphatic rings. The number of aromatic nitrogens is 3. The molecule has 1 heterocycles. The van der Waals surface area contributed by atoms with Gasteiger partial charge in [-0.15, -0.1) is 10.2 Å². The molecule has 172 valence electrons. The van der Waals surface area contributed by atoms with E-state index in [0.29, 0.717) is 5.16 Å². The minimum Gasteiger partial charge on any atom is -0.272 e. The lowest BCUT2D eigenvalue weighted by Crippen LogP contribution is -2.20. The third-order valence-electron chi connectivity index (χ3n) is 5.51. The number of rotatable bonds is 7. The number of hydrazone groups is 1. The third kappa shape index (κ3) is 5.15. The van der Waals surface area contributed by atoms with Crippen LogP contribution in [0.15, 0.2) is 107 Å². The molecule has 1 N–H and O–H groups in total. The average molecular weight is 478 g/mol. The van der Waals surface area contributed by atoms with Crippen LogP contribution in [0.25, 0.3) is 27.8 Å². The highest BCUT2D eigenvalue weighted by Gasteiger charge is 2.17. The van der Waals surface area contributed by atoms with E-state index in [4.69, 9.17) is 0 Å². The van der Waals surface area contributed by atoms with E-state index in [2.05, 4.69) is 32.9 Å². The number of nitrogens with zero attached hydrogens (tertiary/aromatic N) is 4. The van der Waals surface area contributed by atoms with Gasteiger partial charge in [-0.05, 0) is 29.8 Å². The van der Waals surface area contributed by atoms with Gasteiger partial charge in [0.2, 0.25) is 0 Å². The molecule has 0 aliphatic heterocycles. The van der Waals surface area contributed by atoms with E-state index in [-0.39, 0.29) is 11.7 Å². The van der Waals surface area contributed by atoms with Crippen molar-refractivity contribution in [3.8, 4) is 17.1 Å². The SMILES string of the molecule is Cc1ccc(-n2c(SCC(=O)N/N=C/c3cccc4ccccc34)nnc2-c2ccccc2)cc1. The molecule has 0 spiro atoms. The fourth-order valence-electron chi connectivity index (χ4n) is 3.76. The minimum absolute atomic E-state index is 0.158. The number of nitrogens with one attached hydrogen (secondary N) is 1. The van der Waals surface area contributed by atoms with E-state index in [9.17, 15) is 4.79 Å². The molecule has 0 fully saturated rings. The Labute approximate surface area is 207 Å². The second kappa shape index (κ2) is 10.4. The Balaban J connectivity index is 1.32. The fourth-order valence-corrected chi connectivity index (χ4v) is 4.51. The van der Waals surface area contributed by atoms with Crippen molar-refractivity contribution in [2.75, 3.05) is 5.75 Å². The van der Waals surface area contributed by atoms with Crippen LogP contribution < -0.4 is 5.43 Å². The molecule has 35 heavy (non-hydrogen) atoms. The number of aryl methyl sites for hydroxylation is 1. The van der Waals surface area contributed by atoms with Crippen LogP contribution in [-0.2, 0) is 4.79 Å². The van der Waals surface area contributed by atoms with Crippen LogP contribution in [0.5, 0.6) is 0 Å². The molecule has 5 aromatic rings. The predicted molar refractivity (Wildman–Crippen MR) is 142 cm³/mol. The van der Waals surface area contributed by atoms with E-state index < -0.39 is 0 Å². The molecule has 0 bridgehead atoms. The molecule has 5 rings (SSSR count). The summed E-state index contributed by atoms with van der Waals surface area (Å²) < 4.78 is 1.98. The monoisotopic (exact) mass is 477 g/mol. The zero-order valence-corrected chi connectivity index (χ0v) is 19.9. The van der Waals surface area contributed by atoms with Gasteiger partial charge < -0.3 is 0 Å². The maximum absolute atomic E-state index is 12.5. The van der Waals surface area contributed by atoms with Gasteiger partial charge in [-0.1, -0.05) is 102 Å². The van der Waals surface area contributed by atoms with E-state index in [1.807, 2.05) is 96.4 Å². The smallest absolute Gasteiger partial charge is 0.250 e. The molecule has 4 aromatic carbocycles. The number of carbonyl (C=O) groups is 1. The van der Waals surface area contributed by atoms with E-state index >= 15 is 0 Å². The first-order valence-electron chi connectivity index (χ1n) is 11.2. The largest absolute Gasteiger partial charge is 0.272 e. The lowest BCUT2D eigenvalue weighted by molar-refractivity contribution is -0.118. The highest BCUT2D eigenvalue weighted by molar-refractivity contribution is 7.99. The normalized spacial score (nSPS) is 11.2. The van der Waals surface area contributed by atoms with Crippen LogP contribution >= 0.6 is 11.8 Å². The number of fused-ring (bicyclic) bond motifs is 1. The summed E-state index contributed by atoms with van der Waals surface area (Å²) in [6, 6.07) is 32.1. The summed E-state index contributed by atoms with van der Waals surface area (Å²) in [4.78, 5) is 12.5. The lowest BCUT2D eigenvalue weighted by Gasteiger charge is -2.10. The molecular formula is C28H23N5OS. The summed E-state index contributed by atoms with van der Waals surface area (Å²) in [5.74, 6) is 0.670. The quantitative estimate of drug-likeness (QED) is 0.187. The Kier molecular flexibility index (Phi) is 6.68. The molecule has 0 radical (unpaired) electrons. The number of amides is 1. The highest BCUT2D eigenvalue weighted by atomic mass is 32.2. The number of hydrogen-bond acceptors (Lipinski definition) is 5. The Hall–Kier alpha value is -4.23. The van der Waals surface area contributed by atoms with Gasteiger partial charge in [0.1, 0.15) is 0 Å². The van der Waals surface area contributed by atoms with Gasteiger partial charge in [0.25, 0.3) is 5.91 Å². The maximum Gasteiger partial charge on any atom is 0.250 e. The third-order valence-corrected chi connectivity index (χ3v) is 6.44. The summed E-state index contributed by atoms with van der Waals surface area (Å²) in [5, 5.41) is 15.8. The second-order valence-electron chi connectivity index (χ2n) is 7.99. The van der Waals surface area contributed by atoms with Crippen LogP contribution in [0.1, 0.15) is 11.1 Å². The first-order valence-corrected chi connectivity index (χ1v) is 12.2. The average Bonchev–Trinajstić information content (AvgIpc) is 3.32. The fraction of sp³-hybridized carbons (Fsp3) is 0.0714. The van der Waals surface area contributed by atoms with Crippen molar-refractivity contribution in [1.82, 2.24) is 20.2 Å². The van der Waals surface area contributed by atoms with Gasteiger partial charge in [0.15, 0.2) is 11.0 Å². The minimum atomic E-state index is -0.216. The van der Waals surface area contributed by atoms with Gasteiger partial charge in [0, 0.05) is 16.8 Å². The van der Waals surface area contributed by atoms with Crippen LogP contribution in [0, 0.1) is 6.92 Å². The molecule has 7 heteroatoms. The van der Waals surface area contributed by atoms with Gasteiger partial charge in [-0.25, -0.2) is 5.43 Å². The predicted octanol–water partition coefficient (Wildman–Crippen LogP) is 5.64. The van der Waals surface area contributed by atoms with E-state index in [1.165, 1.54) is 17.3 Å². The van der Waals surface area contributed by atoms with Gasteiger partial charge in [0.05, 0.1) is 12.0 Å². The molecule has 0 unspecified atom stereocenters. The lowest BCUT2D eigenvalue weighted by atomic mass is 10.1. The molecule has 0 aliphatic carbocycles. The molecule has 0 atom stereocenters. The Morgan fingerprint density at radius 3 is 2.49 bits per heavy atom. The zero-order valence-electron chi connectivity index (χ0n) is 19.1. The number of benzene rings is 4. The zero-order chi connectivity index (χ0) is 24.0. The number of carbonyl (C=O) groups excluding carboxylic acids is 1. The standard InChI is InChI=1S/C28H23N5OS/c1-20-14-16-24(17-15-20)33-27(22-9-3-2-4-10-22)31-32-28(33)35-19-26(34)30-29-18-23-12-7-11-21-8-5-6-13-25(21)23/h2-18H,19H2,1H3,(H,30,34)/b29-18+. The summed E-state index contributed by atoms with van der Waals surface area (Å²) >= 11 is 1.32. The Morgan fingerprint density at radius 2 is 1.66 bits per heavy atom. The maximum atomic E-state index is 12.5. The van der Waals surface area contributed by atoms with Crippen molar-refractivity contribution < 1.29 is 4.79 Å². The van der Waals surface area contributed by atoms with Crippen molar-refractivity contribution in [2.24, 2.45) is 5.10 Å². The first kappa shape index (κ1) is 22.6. The van der Waals surface area contributed by atoms with Crippen LogP contribution in [0.3, 0.4) is 0 Å². The van der Waals surface area contributed by atoms with Gasteiger partial charge in [-0.2, -0.15) is 5.10 Å². The number of thioether (sulfide) groups is 1. The van der Waals surface area contributed by atoms with Crippen LogP contribution in [0.4, 0.5) is 0 Å². The summed E-state index contributed by atoms with van der Waals surface area (Å²) in [7, 11) is 0. The molecule has 0 saturated heterocycles. The summed E-state index contributed by atoms with van der Waals surface area (Å²) in [5.41, 5.74) is 6.63. The van der Waals surface area contributed by atoms with Crippen molar-refractivity contribution in [3.05, 3.63) is 108 Å². The van der Waals surface area contributed by atoms with E-state index in [1.54, 1.807) is 6.21 Å². The Bertz CT molecular complexity index is 1490. The van der Waals surface area contributed by atoms with Gasteiger partial charge in [-0.3, -0.25) is 9.36 Å². The first-order chi connectivity index (χ1) is 17.2. The summed E-state index contributed by atoms with van der Waals surface area (Å²) in [6.45, 7) is 2.05. The summed E-state index contributed by atoms with van der Waals surface area (Å²) in [6.07, 6.45) is 1.67. The molecular weight excluding hydrogens is 454 g/mol. The number of hydrogen-bond donors (Lipinski definition) is 1. The van der Waals surface area contributed by atoms with Crippen molar-refractivity contribution in [2.45, 2.75) is 12.1 Å². The van der Waals surface area contributed by atoms with Crippen molar-refractivity contribution >= 4 is 34.7 Å².